The van der Waals surface area contributed by atoms with E-state index in [0.717, 1.165) is 17.7 Å². The second-order valence-electron chi connectivity index (χ2n) is 12.0. The fourth-order valence-electron chi connectivity index (χ4n) is 6.52. The van der Waals surface area contributed by atoms with Gasteiger partial charge in [-0.15, -0.1) is 0 Å². The average molecular weight is 663 g/mol. The molecule has 10 heteroatoms. The molecule has 1 aliphatic carbocycles. The minimum atomic E-state index is -4.81. The zero-order chi connectivity index (χ0) is 34.1. The van der Waals surface area contributed by atoms with Gasteiger partial charge in [-0.1, -0.05) is 42.5 Å². The Balaban J connectivity index is 1.45. The lowest BCUT2D eigenvalue weighted by Crippen LogP contribution is -2.33. The van der Waals surface area contributed by atoms with Crippen LogP contribution in [0.5, 0.6) is 23.0 Å². The van der Waals surface area contributed by atoms with E-state index in [9.17, 15) is 26.3 Å². The molecule has 5 aromatic carbocycles. The van der Waals surface area contributed by atoms with Crippen molar-refractivity contribution >= 4 is 11.4 Å². The van der Waals surface area contributed by atoms with Gasteiger partial charge in [0.15, 0.2) is 0 Å². The highest BCUT2D eigenvalue weighted by Crippen LogP contribution is 2.52. The Morgan fingerprint density at radius 1 is 0.542 bits per heavy atom. The molecule has 0 amide bonds. The summed E-state index contributed by atoms with van der Waals surface area (Å²) in [6, 6.07) is 29.2. The predicted octanol–water partition coefficient (Wildman–Crippen LogP) is 11.1. The number of nitrogens with two attached hydrogens (primary N) is 2. The smallest absolute Gasteiger partial charge is 0.419 e. The van der Waals surface area contributed by atoms with E-state index in [1.54, 1.807) is 0 Å². The van der Waals surface area contributed by atoms with E-state index in [0.29, 0.717) is 37.1 Å². The first-order valence-electron chi connectivity index (χ1n) is 15.4. The lowest BCUT2D eigenvalue weighted by molar-refractivity contribution is -0.139. The van der Waals surface area contributed by atoms with Gasteiger partial charge in [-0.3, -0.25) is 0 Å². The Bertz CT molecular complexity index is 1750. The minimum Gasteiger partial charge on any atom is -0.457 e. The molecule has 0 unspecified atom stereocenters. The number of nitrogen functional groups attached to an aromatic ring is 2. The largest absolute Gasteiger partial charge is 0.457 e. The molecule has 0 heterocycles. The van der Waals surface area contributed by atoms with Crippen molar-refractivity contribution in [2.24, 2.45) is 0 Å². The van der Waals surface area contributed by atoms with Gasteiger partial charge in [-0.05, 0) is 121 Å². The number of alkyl halides is 6. The summed E-state index contributed by atoms with van der Waals surface area (Å²) in [4.78, 5) is 0. The molecule has 0 aliphatic heterocycles. The highest BCUT2D eigenvalue weighted by Gasteiger charge is 2.44. The van der Waals surface area contributed by atoms with Crippen molar-refractivity contribution in [3.63, 3.8) is 0 Å². The first-order chi connectivity index (χ1) is 22.8. The van der Waals surface area contributed by atoms with Gasteiger partial charge >= 0.3 is 12.4 Å². The molecule has 0 radical (unpaired) electrons. The first kappa shape index (κ1) is 32.8. The van der Waals surface area contributed by atoms with Gasteiger partial charge in [0, 0.05) is 16.8 Å². The molecule has 1 saturated carbocycles. The number of benzene rings is 5. The Kier molecular flexibility index (Phi) is 8.76. The van der Waals surface area contributed by atoms with E-state index < -0.39 is 40.4 Å². The second kappa shape index (κ2) is 12.8. The number of hydrogen-bond acceptors (Lipinski definition) is 4. The maximum absolute atomic E-state index is 14.6. The van der Waals surface area contributed by atoms with Gasteiger partial charge in [-0.2, -0.15) is 26.3 Å². The van der Waals surface area contributed by atoms with E-state index in [1.165, 1.54) is 72.8 Å². The molecule has 0 atom stereocenters. The van der Waals surface area contributed by atoms with Crippen LogP contribution in [0, 0.1) is 0 Å². The molecule has 0 bridgehead atoms. The molecule has 5 aromatic rings. The van der Waals surface area contributed by atoms with E-state index in [4.69, 9.17) is 20.9 Å². The van der Waals surface area contributed by atoms with Gasteiger partial charge in [0.2, 0.25) is 0 Å². The van der Waals surface area contributed by atoms with Crippen LogP contribution in [0.3, 0.4) is 0 Å². The standard InChI is InChI=1S/C38H32F6N2O2/c39-37(40,41)32-22-26(6-16-34(32)47-30-12-8-28(45)9-13-30)36(20-18-25(19-21-36)24-4-2-1-3-5-24)27-7-17-35(33(23-27)38(42,43)44)48-31-14-10-29(46)11-15-31/h1-17,22-23,25H,18-21,45-46H2. The van der Waals surface area contributed by atoms with Crippen molar-refractivity contribution in [3.05, 3.63) is 143 Å². The second-order valence-corrected chi connectivity index (χ2v) is 12.0. The third-order valence-corrected chi connectivity index (χ3v) is 9.00. The summed E-state index contributed by atoms with van der Waals surface area (Å²) >= 11 is 0. The van der Waals surface area contributed by atoms with Crippen molar-refractivity contribution < 1.29 is 35.8 Å². The van der Waals surface area contributed by atoms with Crippen LogP contribution in [0.25, 0.3) is 0 Å². The number of anilines is 2. The summed E-state index contributed by atoms with van der Waals surface area (Å²) < 4.78 is 98.9. The number of ether oxygens (including phenoxy) is 2. The first-order valence-corrected chi connectivity index (χ1v) is 15.4. The fourth-order valence-corrected chi connectivity index (χ4v) is 6.52. The normalized spacial score (nSPS) is 15.2. The van der Waals surface area contributed by atoms with Gasteiger partial charge < -0.3 is 20.9 Å². The summed E-state index contributed by atoms with van der Waals surface area (Å²) in [5.74, 6) is -0.427. The average Bonchev–Trinajstić information content (AvgIpc) is 3.06. The third kappa shape index (κ3) is 6.93. The number of rotatable bonds is 7. The van der Waals surface area contributed by atoms with Gasteiger partial charge in [-0.25, -0.2) is 0 Å². The quantitative estimate of drug-likeness (QED) is 0.134. The Morgan fingerprint density at radius 2 is 0.958 bits per heavy atom. The summed E-state index contributed by atoms with van der Waals surface area (Å²) in [5, 5.41) is 0. The summed E-state index contributed by atoms with van der Waals surface area (Å²) in [5.41, 5.74) is 10.6. The number of halogens is 6. The van der Waals surface area contributed by atoms with E-state index >= 15 is 0 Å². The van der Waals surface area contributed by atoms with Crippen LogP contribution in [-0.4, -0.2) is 0 Å². The van der Waals surface area contributed by atoms with Gasteiger partial charge in [0.1, 0.15) is 23.0 Å². The van der Waals surface area contributed by atoms with E-state index in [-0.39, 0.29) is 28.5 Å². The molecule has 1 aliphatic rings. The van der Waals surface area contributed by atoms with Gasteiger partial charge in [0.05, 0.1) is 11.1 Å². The van der Waals surface area contributed by atoms with Crippen LogP contribution in [0.15, 0.2) is 115 Å². The van der Waals surface area contributed by atoms with Crippen LogP contribution in [0.4, 0.5) is 37.7 Å². The SMILES string of the molecule is Nc1ccc(Oc2ccc(C3(c4ccc(Oc5ccc(N)cc5)c(C(F)(F)F)c4)CCC(c4ccccc4)CC3)cc2C(F)(F)F)cc1. The van der Waals surface area contributed by atoms with Crippen LogP contribution in [0.1, 0.15) is 59.4 Å². The maximum Gasteiger partial charge on any atom is 0.419 e. The Labute approximate surface area is 273 Å². The van der Waals surface area contributed by atoms with Crippen LogP contribution < -0.4 is 20.9 Å². The molecule has 4 nitrogen and oxygen atoms in total. The van der Waals surface area contributed by atoms with E-state index in [2.05, 4.69) is 0 Å². The summed E-state index contributed by atoms with van der Waals surface area (Å²) in [6.45, 7) is 0. The highest BCUT2D eigenvalue weighted by molar-refractivity contribution is 5.53. The summed E-state index contributed by atoms with van der Waals surface area (Å²) in [7, 11) is 0. The van der Waals surface area contributed by atoms with Gasteiger partial charge in [0.25, 0.3) is 0 Å². The topological polar surface area (TPSA) is 70.5 Å². The highest BCUT2D eigenvalue weighted by atomic mass is 19.4. The molecule has 0 saturated heterocycles. The molecule has 1 fully saturated rings. The lowest BCUT2D eigenvalue weighted by Gasteiger charge is -2.42. The fraction of sp³-hybridized carbons (Fsp3) is 0.211. The minimum absolute atomic E-state index is 0.102. The maximum atomic E-state index is 14.6. The van der Waals surface area contributed by atoms with E-state index in [1.807, 2.05) is 30.3 Å². The lowest BCUT2D eigenvalue weighted by atomic mass is 9.62. The Hall–Kier alpha value is -5.12. The third-order valence-electron chi connectivity index (χ3n) is 9.00. The van der Waals surface area contributed by atoms with Crippen molar-refractivity contribution in [1.29, 1.82) is 0 Å². The van der Waals surface area contributed by atoms with Crippen molar-refractivity contribution in [2.45, 2.75) is 49.4 Å². The molecule has 0 spiro atoms. The summed E-state index contributed by atoms with van der Waals surface area (Å²) in [6.07, 6.45) is -7.87. The Morgan fingerprint density at radius 3 is 1.35 bits per heavy atom. The zero-order valence-corrected chi connectivity index (χ0v) is 25.6. The number of hydrogen-bond donors (Lipinski definition) is 2. The molecule has 0 aromatic heterocycles. The molecular formula is C38H32F6N2O2. The van der Waals surface area contributed by atoms with Crippen LogP contribution in [-0.2, 0) is 17.8 Å². The van der Waals surface area contributed by atoms with Crippen molar-refractivity contribution in [2.75, 3.05) is 11.5 Å². The molecule has 48 heavy (non-hydrogen) atoms. The van der Waals surface area contributed by atoms with Crippen molar-refractivity contribution in [1.82, 2.24) is 0 Å². The molecule has 248 valence electrons. The monoisotopic (exact) mass is 662 g/mol. The zero-order valence-electron chi connectivity index (χ0n) is 25.6. The predicted molar refractivity (Wildman–Crippen MR) is 173 cm³/mol. The van der Waals surface area contributed by atoms with Crippen molar-refractivity contribution in [3.8, 4) is 23.0 Å². The van der Waals surface area contributed by atoms with Crippen LogP contribution in [0.2, 0.25) is 0 Å². The van der Waals surface area contributed by atoms with Crippen LogP contribution >= 0.6 is 0 Å². The molecule has 4 N–H and O–H groups in total. The molecule has 6 rings (SSSR count). The molecular weight excluding hydrogens is 630 g/mol.